The van der Waals surface area contributed by atoms with Crippen LogP contribution in [-0.4, -0.2) is 49.8 Å². The van der Waals surface area contributed by atoms with Crippen molar-refractivity contribution < 1.29 is 4.74 Å². The van der Waals surface area contributed by atoms with E-state index in [0.717, 1.165) is 37.6 Å². The first-order valence-electron chi connectivity index (χ1n) is 8.17. The molecule has 2 rings (SSSR count). The van der Waals surface area contributed by atoms with E-state index in [-0.39, 0.29) is 0 Å². The van der Waals surface area contributed by atoms with Crippen LogP contribution in [0.5, 0.6) is 0 Å². The molecule has 19 heavy (non-hydrogen) atoms. The van der Waals surface area contributed by atoms with Gasteiger partial charge in [-0.05, 0) is 38.1 Å². The average molecular weight is 268 g/mol. The van der Waals surface area contributed by atoms with E-state index < -0.39 is 0 Å². The van der Waals surface area contributed by atoms with Crippen molar-refractivity contribution in [2.24, 2.45) is 17.8 Å². The zero-order valence-electron chi connectivity index (χ0n) is 13.2. The second-order valence-electron chi connectivity index (χ2n) is 6.80. The quantitative estimate of drug-likeness (QED) is 0.847. The SMILES string of the molecule is CCNC1CCOCC1CN1CC(C)CC(C)C1C. The smallest absolute Gasteiger partial charge is 0.0521 e. The summed E-state index contributed by atoms with van der Waals surface area (Å²) in [7, 11) is 0. The molecule has 0 amide bonds. The summed E-state index contributed by atoms with van der Waals surface area (Å²) in [5.41, 5.74) is 0. The fourth-order valence-electron chi connectivity index (χ4n) is 3.88. The number of likely N-dealkylation sites (tertiary alicyclic amines) is 1. The van der Waals surface area contributed by atoms with Crippen LogP contribution in [0.4, 0.5) is 0 Å². The highest BCUT2D eigenvalue weighted by molar-refractivity contribution is 4.87. The van der Waals surface area contributed by atoms with E-state index >= 15 is 0 Å². The summed E-state index contributed by atoms with van der Waals surface area (Å²) in [5.74, 6) is 2.33. The fourth-order valence-corrected chi connectivity index (χ4v) is 3.88. The predicted molar refractivity (Wildman–Crippen MR) is 80.4 cm³/mol. The molecular weight excluding hydrogens is 236 g/mol. The Labute approximate surface area is 119 Å². The maximum Gasteiger partial charge on any atom is 0.0521 e. The minimum atomic E-state index is 0.651. The molecule has 0 saturated carbocycles. The summed E-state index contributed by atoms with van der Waals surface area (Å²) >= 11 is 0. The standard InChI is InChI=1S/C16H32N2O/c1-5-17-16-6-7-19-11-15(16)10-18-9-12(2)8-13(3)14(18)4/h12-17H,5-11H2,1-4H3. The van der Waals surface area contributed by atoms with E-state index in [9.17, 15) is 0 Å². The summed E-state index contributed by atoms with van der Waals surface area (Å²) in [6.45, 7) is 14.8. The number of nitrogens with one attached hydrogen (secondary N) is 1. The third kappa shape index (κ3) is 3.93. The third-order valence-corrected chi connectivity index (χ3v) is 5.13. The highest BCUT2D eigenvalue weighted by Gasteiger charge is 2.33. The topological polar surface area (TPSA) is 24.5 Å². The Morgan fingerprint density at radius 1 is 1.26 bits per heavy atom. The lowest BCUT2D eigenvalue weighted by Gasteiger charge is -2.44. The highest BCUT2D eigenvalue weighted by atomic mass is 16.5. The average Bonchev–Trinajstić information content (AvgIpc) is 2.38. The van der Waals surface area contributed by atoms with Crippen LogP contribution in [0.25, 0.3) is 0 Å². The second-order valence-corrected chi connectivity index (χ2v) is 6.80. The summed E-state index contributed by atoms with van der Waals surface area (Å²) in [6.07, 6.45) is 2.56. The lowest BCUT2D eigenvalue weighted by molar-refractivity contribution is -0.00706. The number of ether oxygens (including phenoxy) is 1. The summed E-state index contributed by atoms with van der Waals surface area (Å²) in [6, 6.07) is 1.37. The van der Waals surface area contributed by atoms with Gasteiger partial charge in [0.15, 0.2) is 0 Å². The lowest BCUT2D eigenvalue weighted by atomic mass is 9.84. The van der Waals surface area contributed by atoms with Gasteiger partial charge in [0.05, 0.1) is 6.61 Å². The monoisotopic (exact) mass is 268 g/mol. The number of hydrogen-bond acceptors (Lipinski definition) is 3. The molecule has 1 N–H and O–H groups in total. The first kappa shape index (κ1) is 15.3. The van der Waals surface area contributed by atoms with Gasteiger partial charge < -0.3 is 10.1 Å². The predicted octanol–water partition coefficient (Wildman–Crippen LogP) is 2.37. The zero-order chi connectivity index (χ0) is 13.8. The zero-order valence-corrected chi connectivity index (χ0v) is 13.2. The molecule has 0 spiro atoms. The van der Waals surface area contributed by atoms with Crippen LogP contribution < -0.4 is 5.32 Å². The summed E-state index contributed by atoms with van der Waals surface area (Å²) < 4.78 is 5.72. The van der Waals surface area contributed by atoms with Gasteiger partial charge >= 0.3 is 0 Å². The Balaban J connectivity index is 1.93. The highest BCUT2D eigenvalue weighted by Crippen LogP contribution is 2.28. The van der Waals surface area contributed by atoms with Crippen LogP contribution in [0.15, 0.2) is 0 Å². The van der Waals surface area contributed by atoms with Crippen LogP contribution in [0.2, 0.25) is 0 Å². The van der Waals surface area contributed by atoms with Crippen molar-refractivity contribution in [2.75, 3.05) is 32.8 Å². The van der Waals surface area contributed by atoms with E-state index in [1.54, 1.807) is 0 Å². The van der Waals surface area contributed by atoms with Gasteiger partial charge in [0.2, 0.25) is 0 Å². The molecule has 0 aromatic carbocycles. The minimum absolute atomic E-state index is 0.651. The normalized spacial score (nSPS) is 41.4. The Bertz CT molecular complexity index is 269. The molecule has 112 valence electrons. The molecule has 2 aliphatic heterocycles. The largest absolute Gasteiger partial charge is 0.381 e. The fraction of sp³-hybridized carbons (Fsp3) is 1.00. The van der Waals surface area contributed by atoms with E-state index in [1.807, 2.05) is 0 Å². The Kier molecular flexibility index (Phi) is 5.67. The Morgan fingerprint density at radius 2 is 2.05 bits per heavy atom. The van der Waals surface area contributed by atoms with Crippen LogP contribution in [0, 0.1) is 17.8 Å². The van der Waals surface area contributed by atoms with Gasteiger partial charge in [-0.3, -0.25) is 4.90 Å². The molecule has 3 nitrogen and oxygen atoms in total. The molecule has 5 unspecified atom stereocenters. The lowest BCUT2D eigenvalue weighted by Crippen LogP contribution is -2.53. The first-order valence-corrected chi connectivity index (χ1v) is 8.17. The number of nitrogens with zero attached hydrogens (tertiary/aromatic N) is 1. The molecule has 0 aromatic rings. The van der Waals surface area contributed by atoms with E-state index in [0.29, 0.717) is 12.0 Å². The van der Waals surface area contributed by atoms with Crippen LogP contribution in [-0.2, 0) is 4.74 Å². The maximum absolute atomic E-state index is 5.72. The molecule has 2 heterocycles. The van der Waals surface area contributed by atoms with Crippen molar-refractivity contribution in [1.29, 1.82) is 0 Å². The second kappa shape index (κ2) is 7.05. The van der Waals surface area contributed by atoms with Crippen molar-refractivity contribution in [3.8, 4) is 0 Å². The molecule has 2 aliphatic rings. The van der Waals surface area contributed by atoms with Crippen molar-refractivity contribution in [2.45, 2.75) is 52.6 Å². The molecule has 0 aliphatic carbocycles. The minimum Gasteiger partial charge on any atom is -0.381 e. The van der Waals surface area contributed by atoms with Crippen molar-refractivity contribution in [1.82, 2.24) is 10.2 Å². The summed E-state index contributed by atoms with van der Waals surface area (Å²) in [4.78, 5) is 2.71. The van der Waals surface area contributed by atoms with E-state index in [2.05, 4.69) is 37.9 Å². The molecule has 0 radical (unpaired) electrons. The van der Waals surface area contributed by atoms with Gasteiger partial charge in [-0.2, -0.15) is 0 Å². The van der Waals surface area contributed by atoms with Gasteiger partial charge in [-0.15, -0.1) is 0 Å². The van der Waals surface area contributed by atoms with Crippen molar-refractivity contribution in [3.63, 3.8) is 0 Å². The first-order chi connectivity index (χ1) is 9.11. The van der Waals surface area contributed by atoms with Gasteiger partial charge in [0, 0.05) is 37.7 Å². The van der Waals surface area contributed by atoms with Gasteiger partial charge in [-0.1, -0.05) is 20.8 Å². The molecule has 0 bridgehead atoms. The number of rotatable bonds is 4. The molecule has 3 heteroatoms. The van der Waals surface area contributed by atoms with Gasteiger partial charge in [0.1, 0.15) is 0 Å². The molecule has 2 saturated heterocycles. The number of hydrogen-bond donors (Lipinski definition) is 1. The Hall–Kier alpha value is -0.120. The van der Waals surface area contributed by atoms with E-state index in [4.69, 9.17) is 4.74 Å². The van der Waals surface area contributed by atoms with Crippen molar-refractivity contribution >= 4 is 0 Å². The number of piperidine rings is 1. The Morgan fingerprint density at radius 3 is 2.79 bits per heavy atom. The van der Waals surface area contributed by atoms with Crippen LogP contribution in [0.3, 0.4) is 0 Å². The van der Waals surface area contributed by atoms with Crippen molar-refractivity contribution in [3.05, 3.63) is 0 Å². The van der Waals surface area contributed by atoms with Crippen LogP contribution >= 0.6 is 0 Å². The molecule has 5 atom stereocenters. The van der Waals surface area contributed by atoms with Gasteiger partial charge in [0.25, 0.3) is 0 Å². The van der Waals surface area contributed by atoms with E-state index in [1.165, 1.54) is 25.9 Å². The molecule has 0 aromatic heterocycles. The maximum atomic E-state index is 5.72. The van der Waals surface area contributed by atoms with Crippen LogP contribution in [0.1, 0.15) is 40.5 Å². The molecular formula is C16H32N2O. The molecule has 2 fully saturated rings. The summed E-state index contributed by atoms with van der Waals surface area (Å²) in [5, 5.41) is 3.65. The third-order valence-electron chi connectivity index (χ3n) is 5.13. The van der Waals surface area contributed by atoms with Gasteiger partial charge in [-0.25, -0.2) is 0 Å².